The molecule has 1 aromatic carbocycles. The molecule has 1 aliphatic heterocycles. The van der Waals surface area contributed by atoms with Crippen LogP contribution in [0, 0.1) is 5.92 Å². The van der Waals surface area contributed by atoms with E-state index in [0.29, 0.717) is 11.3 Å². The quantitative estimate of drug-likeness (QED) is 0.804. The number of hydrogen-bond acceptors (Lipinski definition) is 4. The fourth-order valence-corrected chi connectivity index (χ4v) is 4.80. The van der Waals surface area contributed by atoms with Crippen LogP contribution in [0.2, 0.25) is 0 Å². The van der Waals surface area contributed by atoms with Gasteiger partial charge < -0.3 is 4.90 Å². The van der Waals surface area contributed by atoms with Gasteiger partial charge in [-0.1, -0.05) is 12.8 Å². The third-order valence-corrected chi connectivity index (χ3v) is 7.06. The summed E-state index contributed by atoms with van der Waals surface area (Å²) in [5.74, 6) is 0.878. The maximum atomic E-state index is 12.9. The van der Waals surface area contributed by atoms with Gasteiger partial charge >= 0.3 is 0 Å². The van der Waals surface area contributed by atoms with E-state index in [9.17, 15) is 13.2 Å². The fraction of sp³-hybridized carbons (Fsp3) is 0.650. The van der Waals surface area contributed by atoms with Gasteiger partial charge in [0.25, 0.3) is 5.91 Å². The standard InChI is InChI=1S/C20H31N3O3S.H2/c1-3-27(25,26)21-19-10-8-18(9-11-19)20(24)23-13-12-22(14-16(23)2)15-17-6-4-5-7-17;/h8-11,16-17,21H,3-7,12-15H2,1-2H3;1H/t16-;/m1./s1. The number of piperazine rings is 1. The van der Waals surface area contributed by atoms with E-state index in [-0.39, 0.29) is 19.1 Å². The van der Waals surface area contributed by atoms with Crippen molar-refractivity contribution in [3.63, 3.8) is 0 Å². The molecule has 1 aliphatic carbocycles. The van der Waals surface area contributed by atoms with E-state index >= 15 is 0 Å². The first-order valence-corrected chi connectivity index (χ1v) is 11.7. The molecule has 152 valence electrons. The first kappa shape index (κ1) is 20.1. The number of anilines is 1. The molecule has 0 radical (unpaired) electrons. The maximum Gasteiger partial charge on any atom is 0.254 e. The number of rotatable bonds is 6. The Balaban J connectivity index is 0.00000280. The van der Waals surface area contributed by atoms with E-state index in [2.05, 4.69) is 16.5 Å². The highest BCUT2D eigenvalue weighted by molar-refractivity contribution is 7.92. The van der Waals surface area contributed by atoms with Crippen LogP contribution in [0.3, 0.4) is 0 Å². The molecule has 1 N–H and O–H groups in total. The Labute approximate surface area is 164 Å². The van der Waals surface area contributed by atoms with Gasteiger partial charge in [-0.3, -0.25) is 14.4 Å². The molecular formula is C20H33N3O3S. The number of carbonyl (C=O) groups excluding carboxylic acids is 1. The molecule has 7 heteroatoms. The van der Waals surface area contributed by atoms with Crippen molar-refractivity contribution in [2.24, 2.45) is 5.92 Å². The van der Waals surface area contributed by atoms with Crippen LogP contribution in [0.4, 0.5) is 5.69 Å². The second kappa shape index (κ2) is 8.61. The summed E-state index contributed by atoms with van der Waals surface area (Å²) in [5, 5.41) is 0. The first-order chi connectivity index (χ1) is 12.9. The summed E-state index contributed by atoms with van der Waals surface area (Å²) in [6, 6.07) is 6.90. The van der Waals surface area contributed by atoms with Gasteiger partial charge in [0, 0.05) is 44.9 Å². The summed E-state index contributed by atoms with van der Waals surface area (Å²) >= 11 is 0. The molecule has 0 bridgehead atoms. The summed E-state index contributed by atoms with van der Waals surface area (Å²) in [6.45, 7) is 7.48. The van der Waals surface area contributed by atoms with Crippen molar-refractivity contribution in [3.05, 3.63) is 29.8 Å². The lowest BCUT2D eigenvalue weighted by molar-refractivity contribution is 0.0461. The molecule has 1 aromatic rings. The number of nitrogens with zero attached hydrogens (tertiary/aromatic N) is 2. The Morgan fingerprint density at radius 2 is 1.85 bits per heavy atom. The van der Waals surface area contributed by atoms with Crippen molar-refractivity contribution in [3.8, 4) is 0 Å². The molecule has 27 heavy (non-hydrogen) atoms. The number of carbonyl (C=O) groups is 1. The molecule has 0 aromatic heterocycles. The Morgan fingerprint density at radius 3 is 2.44 bits per heavy atom. The van der Waals surface area contributed by atoms with Gasteiger partial charge in [0.1, 0.15) is 0 Å². The number of benzene rings is 1. The molecule has 3 rings (SSSR count). The topological polar surface area (TPSA) is 69.7 Å². The van der Waals surface area contributed by atoms with E-state index in [0.717, 1.165) is 25.6 Å². The van der Waals surface area contributed by atoms with Crippen molar-refractivity contribution in [2.75, 3.05) is 36.7 Å². The Morgan fingerprint density at radius 1 is 1.19 bits per heavy atom. The van der Waals surface area contributed by atoms with Crippen molar-refractivity contribution >= 4 is 21.6 Å². The lowest BCUT2D eigenvalue weighted by atomic mass is 10.1. The summed E-state index contributed by atoms with van der Waals surface area (Å²) in [6.07, 6.45) is 5.43. The Hall–Kier alpha value is -1.60. The average Bonchev–Trinajstić information content (AvgIpc) is 3.15. The van der Waals surface area contributed by atoms with E-state index < -0.39 is 10.0 Å². The first-order valence-electron chi connectivity index (χ1n) is 10.0. The van der Waals surface area contributed by atoms with E-state index in [1.165, 1.54) is 32.2 Å². The normalized spacial score (nSPS) is 22.1. The van der Waals surface area contributed by atoms with Crippen molar-refractivity contribution in [2.45, 2.75) is 45.6 Å². The molecule has 1 heterocycles. The average molecular weight is 396 g/mol. The molecular weight excluding hydrogens is 362 g/mol. The SMILES string of the molecule is CCS(=O)(=O)Nc1ccc(C(=O)N2CCN(CC3CCCC3)C[C@H]2C)cc1.[HH]. The van der Waals surface area contributed by atoms with Crippen LogP contribution < -0.4 is 4.72 Å². The van der Waals surface area contributed by atoms with Crippen LogP contribution >= 0.6 is 0 Å². The number of sulfonamides is 1. The van der Waals surface area contributed by atoms with Gasteiger partial charge in [-0.25, -0.2) is 8.42 Å². The van der Waals surface area contributed by atoms with Gasteiger partial charge in [0.2, 0.25) is 10.0 Å². The van der Waals surface area contributed by atoms with Gasteiger partial charge in [-0.05, 0) is 56.9 Å². The zero-order valence-electron chi connectivity index (χ0n) is 16.4. The highest BCUT2D eigenvalue weighted by Crippen LogP contribution is 2.26. The smallest absolute Gasteiger partial charge is 0.254 e. The Kier molecular flexibility index (Phi) is 6.42. The maximum absolute atomic E-state index is 12.9. The molecule has 1 saturated heterocycles. The lowest BCUT2D eigenvalue weighted by Crippen LogP contribution is -2.54. The van der Waals surface area contributed by atoms with Crippen molar-refractivity contribution in [1.29, 1.82) is 0 Å². The van der Waals surface area contributed by atoms with Crippen molar-refractivity contribution < 1.29 is 14.6 Å². The third-order valence-electron chi connectivity index (χ3n) is 5.75. The largest absolute Gasteiger partial charge is 0.333 e. The molecule has 1 amide bonds. The highest BCUT2D eigenvalue weighted by atomic mass is 32.2. The molecule has 6 nitrogen and oxygen atoms in total. The van der Waals surface area contributed by atoms with Gasteiger partial charge in [0.15, 0.2) is 0 Å². The second-order valence-corrected chi connectivity index (χ2v) is 9.85. The summed E-state index contributed by atoms with van der Waals surface area (Å²) in [7, 11) is -3.30. The zero-order chi connectivity index (χ0) is 19.4. The molecule has 1 saturated carbocycles. The minimum Gasteiger partial charge on any atom is -0.333 e. The van der Waals surface area contributed by atoms with Crippen LogP contribution in [-0.4, -0.2) is 62.1 Å². The summed E-state index contributed by atoms with van der Waals surface area (Å²) in [5.41, 5.74) is 1.09. The summed E-state index contributed by atoms with van der Waals surface area (Å²) < 4.78 is 25.8. The van der Waals surface area contributed by atoms with Gasteiger partial charge in [0.05, 0.1) is 5.75 Å². The number of amides is 1. The highest BCUT2D eigenvalue weighted by Gasteiger charge is 2.29. The van der Waals surface area contributed by atoms with Gasteiger partial charge in [-0.15, -0.1) is 0 Å². The van der Waals surface area contributed by atoms with E-state index in [1.54, 1.807) is 31.2 Å². The molecule has 1 atom stereocenters. The van der Waals surface area contributed by atoms with Crippen LogP contribution in [0.5, 0.6) is 0 Å². The molecule has 0 unspecified atom stereocenters. The van der Waals surface area contributed by atoms with Crippen LogP contribution in [0.25, 0.3) is 0 Å². The minimum absolute atomic E-state index is 0. The van der Waals surface area contributed by atoms with Gasteiger partial charge in [-0.2, -0.15) is 0 Å². The predicted octanol–water partition coefficient (Wildman–Crippen LogP) is 3.03. The second-order valence-electron chi connectivity index (χ2n) is 7.84. The monoisotopic (exact) mass is 395 g/mol. The third kappa shape index (κ3) is 5.23. The fourth-order valence-electron chi connectivity index (χ4n) is 4.16. The van der Waals surface area contributed by atoms with E-state index in [4.69, 9.17) is 0 Å². The van der Waals surface area contributed by atoms with Crippen LogP contribution in [0.15, 0.2) is 24.3 Å². The van der Waals surface area contributed by atoms with Crippen LogP contribution in [-0.2, 0) is 10.0 Å². The number of nitrogens with one attached hydrogen (secondary N) is 1. The molecule has 2 aliphatic rings. The zero-order valence-corrected chi connectivity index (χ0v) is 17.2. The number of hydrogen-bond donors (Lipinski definition) is 1. The van der Waals surface area contributed by atoms with E-state index in [1.807, 2.05) is 4.90 Å². The lowest BCUT2D eigenvalue weighted by Gasteiger charge is -2.40. The molecule has 2 fully saturated rings. The van der Waals surface area contributed by atoms with Crippen LogP contribution in [0.1, 0.15) is 51.3 Å². The Bertz CT molecular complexity index is 748. The van der Waals surface area contributed by atoms with Crippen molar-refractivity contribution in [1.82, 2.24) is 9.80 Å². The predicted molar refractivity (Wildman–Crippen MR) is 111 cm³/mol. The molecule has 0 spiro atoms. The summed E-state index contributed by atoms with van der Waals surface area (Å²) in [4.78, 5) is 17.3. The minimum atomic E-state index is -3.30.